The Bertz CT molecular complexity index is 626. The summed E-state index contributed by atoms with van der Waals surface area (Å²) >= 11 is 0. The number of methoxy groups -OCH3 is 2. The first-order valence-corrected chi connectivity index (χ1v) is 7.28. The Labute approximate surface area is 136 Å². The van der Waals surface area contributed by atoms with Gasteiger partial charge in [0.05, 0.1) is 12.1 Å². The number of amides is 1. The molecule has 0 bridgehead atoms. The number of benzene rings is 2. The van der Waals surface area contributed by atoms with Crippen LogP contribution in [0.2, 0.25) is 0 Å². The van der Waals surface area contributed by atoms with Crippen LogP contribution in [0.15, 0.2) is 54.6 Å². The van der Waals surface area contributed by atoms with E-state index in [1.165, 1.54) is 0 Å². The van der Waals surface area contributed by atoms with Crippen LogP contribution in [0.4, 0.5) is 0 Å². The van der Waals surface area contributed by atoms with Crippen molar-refractivity contribution in [3.63, 3.8) is 0 Å². The maximum absolute atomic E-state index is 12.7. The standard InChI is InChI=1S/C18H21NO4/c1-19(13-17(21-2)22-3)18(20)15-11-7-8-12-16(15)23-14-9-5-4-6-10-14/h4-12,17H,13H2,1-3H3. The molecule has 0 unspecified atom stereocenters. The summed E-state index contributed by atoms with van der Waals surface area (Å²) in [6, 6.07) is 16.5. The second-order valence-electron chi connectivity index (χ2n) is 5.00. The number of carbonyl (C=O) groups is 1. The highest BCUT2D eigenvalue weighted by Gasteiger charge is 2.19. The van der Waals surface area contributed by atoms with Crippen molar-refractivity contribution in [3.05, 3.63) is 60.2 Å². The molecule has 0 aliphatic carbocycles. The van der Waals surface area contributed by atoms with Gasteiger partial charge in [0, 0.05) is 21.3 Å². The van der Waals surface area contributed by atoms with Crippen LogP contribution in [0.1, 0.15) is 10.4 Å². The predicted octanol–water partition coefficient (Wildman–Crippen LogP) is 3.17. The molecule has 0 N–H and O–H groups in total. The second-order valence-corrected chi connectivity index (χ2v) is 5.00. The zero-order valence-electron chi connectivity index (χ0n) is 13.6. The van der Waals surface area contributed by atoms with E-state index >= 15 is 0 Å². The largest absolute Gasteiger partial charge is 0.457 e. The number of carbonyl (C=O) groups excluding carboxylic acids is 1. The lowest BCUT2D eigenvalue weighted by molar-refractivity contribution is -0.110. The molecular formula is C18H21NO4. The highest BCUT2D eigenvalue weighted by atomic mass is 16.7. The Morgan fingerprint density at radius 2 is 1.61 bits per heavy atom. The van der Waals surface area contributed by atoms with Gasteiger partial charge in [-0.05, 0) is 24.3 Å². The molecule has 0 heterocycles. The molecule has 0 radical (unpaired) electrons. The van der Waals surface area contributed by atoms with Crippen LogP contribution in [0, 0.1) is 0 Å². The molecule has 23 heavy (non-hydrogen) atoms. The van der Waals surface area contributed by atoms with Crippen LogP contribution in [0.3, 0.4) is 0 Å². The fourth-order valence-corrected chi connectivity index (χ4v) is 2.11. The van der Waals surface area contributed by atoms with Gasteiger partial charge in [-0.25, -0.2) is 0 Å². The molecule has 5 nitrogen and oxygen atoms in total. The third-order valence-corrected chi connectivity index (χ3v) is 3.38. The molecule has 0 aliphatic heterocycles. The number of rotatable bonds is 7. The highest BCUT2D eigenvalue weighted by molar-refractivity contribution is 5.96. The molecule has 122 valence electrons. The van der Waals surface area contributed by atoms with Crippen molar-refractivity contribution in [2.75, 3.05) is 27.8 Å². The van der Waals surface area contributed by atoms with Crippen LogP contribution < -0.4 is 4.74 Å². The minimum absolute atomic E-state index is 0.157. The third kappa shape index (κ3) is 4.55. The molecule has 5 heteroatoms. The Morgan fingerprint density at radius 1 is 1.00 bits per heavy atom. The zero-order valence-corrected chi connectivity index (χ0v) is 13.6. The smallest absolute Gasteiger partial charge is 0.257 e. The summed E-state index contributed by atoms with van der Waals surface area (Å²) in [5.74, 6) is 1.04. The quantitative estimate of drug-likeness (QED) is 0.736. The number of para-hydroxylation sites is 2. The second kappa shape index (κ2) is 8.31. The molecule has 2 aromatic rings. The maximum Gasteiger partial charge on any atom is 0.257 e. The van der Waals surface area contributed by atoms with E-state index < -0.39 is 6.29 Å². The average molecular weight is 315 g/mol. The van der Waals surface area contributed by atoms with E-state index in [0.717, 1.165) is 0 Å². The van der Waals surface area contributed by atoms with Crippen LogP contribution in [0.5, 0.6) is 11.5 Å². The van der Waals surface area contributed by atoms with Gasteiger partial charge in [0.25, 0.3) is 5.91 Å². The third-order valence-electron chi connectivity index (χ3n) is 3.38. The van der Waals surface area contributed by atoms with Crippen LogP contribution >= 0.6 is 0 Å². The lowest BCUT2D eigenvalue weighted by Crippen LogP contribution is -2.36. The van der Waals surface area contributed by atoms with Crippen molar-refractivity contribution < 1.29 is 19.0 Å². The SMILES string of the molecule is COC(CN(C)C(=O)c1ccccc1Oc1ccccc1)OC. The molecule has 0 fully saturated rings. The van der Waals surface area contributed by atoms with Crippen molar-refractivity contribution >= 4 is 5.91 Å². The number of hydrogen-bond acceptors (Lipinski definition) is 4. The van der Waals surface area contributed by atoms with Gasteiger partial charge in [-0.3, -0.25) is 4.79 Å². The van der Waals surface area contributed by atoms with Gasteiger partial charge in [-0.2, -0.15) is 0 Å². The molecule has 2 rings (SSSR count). The number of likely N-dealkylation sites (N-methyl/N-ethyl adjacent to an activating group) is 1. The first-order chi connectivity index (χ1) is 11.2. The van der Waals surface area contributed by atoms with E-state index in [1.807, 2.05) is 42.5 Å². The monoisotopic (exact) mass is 315 g/mol. The minimum Gasteiger partial charge on any atom is -0.457 e. The first kappa shape index (κ1) is 17.0. The van der Waals surface area contributed by atoms with Crippen molar-refractivity contribution in [3.8, 4) is 11.5 Å². The van der Waals surface area contributed by atoms with E-state index in [9.17, 15) is 4.79 Å². The number of hydrogen-bond donors (Lipinski definition) is 0. The number of nitrogens with zero attached hydrogens (tertiary/aromatic N) is 1. The average Bonchev–Trinajstić information content (AvgIpc) is 2.60. The lowest BCUT2D eigenvalue weighted by atomic mass is 10.1. The lowest BCUT2D eigenvalue weighted by Gasteiger charge is -2.23. The maximum atomic E-state index is 12.7. The number of ether oxygens (including phenoxy) is 3. The molecule has 0 saturated carbocycles. The summed E-state index contributed by atoms with van der Waals surface area (Å²) < 4.78 is 16.1. The van der Waals surface area contributed by atoms with Crippen molar-refractivity contribution in [2.24, 2.45) is 0 Å². The van der Waals surface area contributed by atoms with E-state index in [1.54, 1.807) is 38.3 Å². The van der Waals surface area contributed by atoms with Crippen molar-refractivity contribution in [2.45, 2.75) is 6.29 Å². The topological polar surface area (TPSA) is 48.0 Å². The fraction of sp³-hybridized carbons (Fsp3) is 0.278. The van der Waals surface area contributed by atoms with Crippen LogP contribution in [0.25, 0.3) is 0 Å². The van der Waals surface area contributed by atoms with Gasteiger partial charge in [-0.1, -0.05) is 30.3 Å². The van der Waals surface area contributed by atoms with E-state index in [2.05, 4.69) is 0 Å². The van der Waals surface area contributed by atoms with Gasteiger partial charge in [0.1, 0.15) is 11.5 Å². The Hall–Kier alpha value is -2.37. The first-order valence-electron chi connectivity index (χ1n) is 7.28. The molecule has 1 amide bonds. The zero-order chi connectivity index (χ0) is 16.7. The summed E-state index contributed by atoms with van der Waals surface area (Å²) in [7, 11) is 4.78. The molecule has 0 aromatic heterocycles. The van der Waals surface area contributed by atoms with E-state index in [0.29, 0.717) is 23.6 Å². The van der Waals surface area contributed by atoms with Crippen LogP contribution in [-0.2, 0) is 9.47 Å². The van der Waals surface area contributed by atoms with Crippen molar-refractivity contribution in [1.82, 2.24) is 4.90 Å². The Balaban J connectivity index is 2.17. The molecule has 0 saturated heterocycles. The van der Waals surface area contributed by atoms with Crippen LogP contribution in [-0.4, -0.2) is 44.9 Å². The summed E-state index contributed by atoms with van der Waals surface area (Å²) in [5, 5.41) is 0. The van der Waals surface area contributed by atoms with E-state index in [4.69, 9.17) is 14.2 Å². The highest BCUT2D eigenvalue weighted by Crippen LogP contribution is 2.26. The fourth-order valence-electron chi connectivity index (χ4n) is 2.11. The Morgan fingerprint density at radius 3 is 2.26 bits per heavy atom. The van der Waals surface area contributed by atoms with Gasteiger partial charge in [0.2, 0.25) is 0 Å². The molecule has 2 aromatic carbocycles. The Kier molecular flexibility index (Phi) is 6.14. The normalized spacial score (nSPS) is 10.6. The van der Waals surface area contributed by atoms with E-state index in [-0.39, 0.29) is 5.91 Å². The van der Waals surface area contributed by atoms with Gasteiger partial charge < -0.3 is 19.1 Å². The summed E-state index contributed by atoms with van der Waals surface area (Å²) in [5.41, 5.74) is 0.491. The summed E-state index contributed by atoms with van der Waals surface area (Å²) in [4.78, 5) is 14.2. The molecule has 0 atom stereocenters. The predicted molar refractivity (Wildman–Crippen MR) is 87.7 cm³/mol. The summed E-state index contributed by atoms with van der Waals surface area (Å²) in [6.45, 7) is 0.325. The van der Waals surface area contributed by atoms with Gasteiger partial charge in [0.15, 0.2) is 6.29 Å². The molecular weight excluding hydrogens is 294 g/mol. The molecule has 0 spiro atoms. The van der Waals surface area contributed by atoms with Gasteiger partial charge >= 0.3 is 0 Å². The van der Waals surface area contributed by atoms with Crippen molar-refractivity contribution in [1.29, 1.82) is 0 Å². The minimum atomic E-state index is -0.467. The van der Waals surface area contributed by atoms with Gasteiger partial charge in [-0.15, -0.1) is 0 Å². The summed E-state index contributed by atoms with van der Waals surface area (Å²) in [6.07, 6.45) is -0.467. The molecule has 0 aliphatic rings.